The van der Waals surface area contributed by atoms with E-state index in [0.717, 1.165) is 16.8 Å². The van der Waals surface area contributed by atoms with Crippen LogP contribution in [0.1, 0.15) is 41.3 Å². The Balaban J connectivity index is 1.91. The van der Waals surface area contributed by atoms with Crippen molar-refractivity contribution in [3.05, 3.63) is 89.5 Å². The van der Waals surface area contributed by atoms with Crippen LogP contribution in [0, 0.1) is 6.92 Å². The maximum Gasteiger partial charge on any atom is 0.264 e. The number of anilines is 2. The van der Waals surface area contributed by atoms with Crippen LogP contribution in [0.2, 0.25) is 0 Å². The molecule has 1 amide bonds. The van der Waals surface area contributed by atoms with Crippen molar-refractivity contribution < 1.29 is 13.2 Å². The molecule has 0 radical (unpaired) electrons. The molecule has 0 aliphatic heterocycles. The van der Waals surface area contributed by atoms with Gasteiger partial charge in [0.2, 0.25) is 0 Å². The van der Waals surface area contributed by atoms with Gasteiger partial charge in [-0.3, -0.25) is 9.10 Å². The van der Waals surface area contributed by atoms with Crippen LogP contribution in [-0.2, 0) is 10.0 Å². The SMILES string of the molecule is Cc1ccccc1N(C)S(=O)(=O)c1cccc(C(=O)Nc2ccccc2C(C)C)c1. The summed E-state index contributed by atoms with van der Waals surface area (Å²) >= 11 is 0. The third-order valence-corrected chi connectivity index (χ3v) is 6.81. The topological polar surface area (TPSA) is 66.5 Å². The Morgan fingerprint density at radius 2 is 1.60 bits per heavy atom. The number of carbonyl (C=O) groups is 1. The van der Waals surface area contributed by atoms with Gasteiger partial charge in [0.25, 0.3) is 15.9 Å². The first-order valence-electron chi connectivity index (χ1n) is 9.76. The second-order valence-electron chi connectivity index (χ2n) is 7.48. The molecule has 0 aliphatic rings. The van der Waals surface area contributed by atoms with Crippen LogP contribution in [0.4, 0.5) is 11.4 Å². The van der Waals surface area contributed by atoms with Gasteiger partial charge >= 0.3 is 0 Å². The van der Waals surface area contributed by atoms with Crippen LogP contribution in [0.15, 0.2) is 77.7 Å². The minimum absolute atomic E-state index is 0.0676. The fourth-order valence-corrected chi connectivity index (χ4v) is 4.62. The first kappa shape index (κ1) is 21.6. The van der Waals surface area contributed by atoms with Gasteiger partial charge < -0.3 is 5.32 Å². The zero-order chi connectivity index (χ0) is 21.9. The monoisotopic (exact) mass is 422 g/mol. The number of nitrogens with zero attached hydrogens (tertiary/aromatic N) is 1. The number of amides is 1. The van der Waals surface area contributed by atoms with Crippen molar-refractivity contribution in [2.45, 2.75) is 31.6 Å². The van der Waals surface area contributed by atoms with Crippen molar-refractivity contribution in [1.82, 2.24) is 0 Å². The molecule has 0 saturated heterocycles. The van der Waals surface area contributed by atoms with Gasteiger partial charge in [0, 0.05) is 18.3 Å². The molecule has 0 fully saturated rings. The summed E-state index contributed by atoms with van der Waals surface area (Å²) in [6, 6.07) is 21.0. The highest BCUT2D eigenvalue weighted by molar-refractivity contribution is 7.92. The van der Waals surface area contributed by atoms with E-state index in [1.165, 1.54) is 23.5 Å². The maximum absolute atomic E-state index is 13.2. The predicted molar refractivity (Wildman–Crippen MR) is 122 cm³/mol. The summed E-state index contributed by atoms with van der Waals surface area (Å²) in [7, 11) is -2.29. The van der Waals surface area contributed by atoms with Gasteiger partial charge in [0.05, 0.1) is 10.6 Å². The number of nitrogens with one attached hydrogen (secondary N) is 1. The molecule has 0 spiro atoms. The van der Waals surface area contributed by atoms with E-state index in [0.29, 0.717) is 5.69 Å². The summed E-state index contributed by atoms with van der Waals surface area (Å²) in [5.74, 6) is -0.102. The van der Waals surface area contributed by atoms with E-state index in [9.17, 15) is 13.2 Å². The van der Waals surface area contributed by atoms with Crippen LogP contribution in [0.3, 0.4) is 0 Å². The lowest BCUT2D eigenvalue weighted by Crippen LogP contribution is -2.27. The average molecular weight is 423 g/mol. The van der Waals surface area contributed by atoms with Crippen LogP contribution >= 0.6 is 0 Å². The Morgan fingerprint density at radius 3 is 2.30 bits per heavy atom. The smallest absolute Gasteiger partial charge is 0.264 e. The summed E-state index contributed by atoms with van der Waals surface area (Å²) in [6.07, 6.45) is 0. The summed E-state index contributed by atoms with van der Waals surface area (Å²) in [5, 5.41) is 2.91. The first-order chi connectivity index (χ1) is 14.2. The molecule has 156 valence electrons. The highest BCUT2D eigenvalue weighted by Crippen LogP contribution is 2.27. The van der Waals surface area contributed by atoms with Crippen molar-refractivity contribution in [1.29, 1.82) is 0 Å². The molecule has 3 rings (SSSR count). The van der Waals surface area contributed by atoms with Crippen LogP contribution in [-0.4, -0.2) is 21.4 Å². The largest absolute Gasteiger partial charge is 0.322 e. The van der Waals surface area contributed by atoms with Crippen molar-refractivity contribution in [3.63, 3.8) is 0 Å². The zero-order valence-electron chi connectivity index (χ0n) is 17.6. The second-order valence-corrected chi connectivity index (χ2v) is 9.45. The molecule has 6 heteroatoms. The number of hydrogen-bond acceptors (Lipinski definition) is 3. The molecule has 0 saturated carbocycles. The number of rotatable bonds is 6. The minimum atomic E-state index is -3.81. The van der Waals surface area contributed by atoms with Crippen molar-refractivity contribution in [2.24, 2.45) is 0 Å². The lowest BCUT2D eigenvalue weighted by molar-refractivity contribution is 0.102. The van der Waals surface area contributed by atoms with E-state index in [1.807, 2.05) is 43.3 Å². The molecule has 0 aromatic heterocycles. The van der Waals surface area contributed by atoms with E-state index >= 15 is 0 Å². The number of carbonyl (C=O) groups excluding carboxylic acids is 1. The van der Waals surface area contributed by atoms with Gasteiger partial charge in [0.1, 0.15) is 0 Å². The average Bonchev–Trinajstić information content (AvgIpc) is 2.74. The van der Waals surface area contributed by atoms with Crippen LogP contribution in [0.5, 0.6) is 0 Å². The molecular formula is C24H26N2O3S. The molecule has 30 heavy (non-hydrogen) atoms. The van der Waals surface area contributed by atoms with E-state index in [1.54, 1.807) is 24.3 Å². The fraction of sp³-hybridized carbons (Fsp3) is 0.208. The van der Waals surface area contributed by atoms with E-state index in [2.05, 4.69) is 19.2 Å². The Bertz CT molecular complexity index is 1170. The fourth-order valence-electron chi connectivity index (χ4n) is 3.31. The van der Waals surface area contributed by atoms with Crippen molar-refractivity contribution >= 4 is 27.3 Å². The Hall–Kier alpha value is -3.12. The van der Waals surface area contributed by atoms with Crippen LogP contribution in [0.25, 0.3) is 0 Å². The number of sulfonamides is 1. The summed E-state index contributed by atoms with van der Waals surface area (Å²) in [6.45, 7) is 5.97. The molecule has 0 aliphatic carbocycles. The van der Waals surface area contributed by atoms with Crippen molar-refractivity contribution in [3.8, 4) is 0 Å². The maximum atomic E-state index is 13.2. The first-order valence-corrected chi connectivity index (χ1v) is 11.2. The highest BCUT2D eigenvalue weighted by atomic mass is 32.2. The Kier molecular flexibility index (Phi) is 6.27. The van der Waals surface area contributed by atoms with Crippen molar-refractivity contribution in [2.75, 3.05) is 16.7 Å². The predicted octanol–water partition coefficient (Wildman–Crippen LogP) is 5.20. The molecular weight excluding hydrogens is 396 g/mol. The molecule has 3 aromatic carbocycles. The van der Waals surface area contributed by atoms with Gasteiger partial charge in [-0.15, -0.1) is 0 Å². The van der Waals surface area contributed by atoms with E-state index < -0.39 is 10.0 Å². The second kappa shape index (κ2) is 8.71. The quantitative estimate of drug-likeness (QED) is 0.594. The molecule has 0 unspecified atom stereocenters. The van der Waals surface area contributed by atoms with Crippen LogP contribution < -0.4 is 9.62 Å². The lowest BCUT2D eigenvalue weighted by atomic mass is 10.0. The summed E-state index contributed by atoms with van der Waals surface area (Å²) in [5.41, 5.74) is 3.48. The zero-order valence-corrected chi connectivity index (χ0v) is 18.4. The third kappa shape index (κ3) is 4.39. The normalized spacial score (nSPS) is 11.4. The van der Waals surface area contributed by atoms with Gasteiger partial charge in [0.15, 0.2) is 0 Å². The third-order valence-electron chi connectivity index (χ3n) is 5.04. The standard InChI is InChI=1S/C24H26N2O3S/c1-17(2)21-13-6-7-14-22(21)25-24(27)19-11-9-12-20(16-19)30(28,29)26(4)23-15-8-5-10-18(23)3/h5-17H,1-4H3,(H,25,27). The van der Waals surface area contributed by atoms with E-state index in [-0.39, 0.29) is 22.3 Å². The molecule has 0 bridgehead atoms. The molecule has 1 N–H and O–H groups in total. The number of para-hydroxylation sites is 2. The molecule has 3 aromatic rings. The Morgan fingerprint density at radius 1 is 0.933 bits per heavy atom. The number of hydrogen-bond donors (Lipinski definition) is 1. The number of aryl methyl sites for hydroxylation is 1. The van der Waals surface area contributed by atoms with Gasteiger partial charge in [-0.2, -0.15) is 0 Å². The lowest BCUT2D eigenvalue weighted by Gasteiger charge is -2.21. The molecule has 0 heterocycles. The van der Waals surface area contributed by atoms with E-state index in [4.69, 9.17) is 0 Å². The molecule has 5 nitrogen and oxygen atoms in total. The highest BCUT2D eigenvalue weighted by Gasteiger charge is 2.23. The Labute approximate surface area is 178 Å². The van der Waals surface area contributed by atoms with Gasteiger partial charge in [-0.25, -0.2) is 8.42 Å². The van der Waals surface area contributed by atoms with Gasteiger partial charge in [-0.1, -0.05) is 56.3 Å². The summed E-state index contributed by atoms with van der Waals surface area (Å²) < 4.78 is 27.6. The van der Waals surface area contributed by atoms with Gasteiger partial charge in [-0.05, 0) is 54.3 Å². The summed E-state index contributed by atoms with van der Waals surface area (Å²) in [4.78, 5) is 12.9. The molecule has 0 atom stereocenters. The minimum Gasteiger partial charge on any atom is -0.322 e. The number of benzene rings is 3.